The van der Waals surface area contributed by atoms with Crippen molar-refractivity contribution >= 4 is 23.4 Å². The molecule has 2 aromatic heterocycles. The Morgan fingerprint density at radius 3 is 2.90 bits per heavy atom. The molecular formula is C15H13ClFN3. The monoisotopic (exact) mass is 289 g/mol. The highest BCUT2D eigenvalue weighted by Gasteiger charge is 2.26. The third kappa shape index (κ3) is 1.51. The normalized spacial score (nSPS) is 12.2. The Balaban J connectivity index is 0.00000121. The van der Waals surface area contributed by atoms with Crippen molar-refractivity contribution < 1.29 is 4.39 Å². The minimum absolute atomic E-state index is 0. The Labute approximate surface area is 121 Å². The highest BCUT2D eigenvalue weighted by atomic mass is 35.5. The van der Waals surface area contributed by atoms with Gasteiger partial charge in [-0.05, 0) is 29.7 Å². The Kier molecular flexibility index (Phi) is 2.80. The van der Waals surface area contributed by atoms with Gasteiger partial charge in [0, 0.05) is 24.4 Å². The molecule has 0 atom stereocenters. The molecule has 20 heavy (non-hydrogen) atoms. The molecule has 0 N–H and O–H groups in total. The molecule has 0 saturated heterocycles. The summed E-state index contributed by atoms with van der Waals surface area (Å²) in [7, 11) is 1.86. The topological polar surface area (TPSA) is 30.7 Å². The molecule has 102 valence electrons. The SMILES string of the molecule is Cc1c2c(nc3c1cnn3C)-c1c(F)cccc1C2.Cl. The Bertz CT molecular complexity index is 839. The number of pyridine rings is 1. The number of nitrogens with zero attached hydrogens (tertiary/aromatic N) is 3. The fourth-order valence-electron chi connectivity index (χ4n) is 2.94. The lowest BCUT2D eigenvalue weighted by molar-refractivity contribution is 0.630. The van der Waals surface area contributed by atoms with E-state index in [-0.39, 0.29) is 18.2 Å². The van der Waals surface area contributed by atoms with Crippen LogP contribution in [0.3, 0.4) is 0 Å². The van der Waals surface area contributed by atoms with Crippen LogP contribution < -0.4 is 0 Å². The number of benzene rings is 1. The van der Waals surface area contributed by atoms with Crippen LogP contribution in [-0.4, -0.2) is 14.8 Å². The van der Waals surface area contributed by atoms with Crippen molar-refractivity contribution in [1.29, 1.82) is 0 Å². The fourth-order valence-corrected chi connectivity index (χ4v) is 2.94. The molecule has 0 aliphatic heterocycles. The number of fused-ring (bicyclic) bond motifs is 4. The summed E-state index contributed by atoms with van der Waals surface area (Å²) in [5, 5.41) is 5.29. The van der Waals surface area contributed by atoms with Crippen LogP contribution in [0.5, 0.6) is 0 Å². The molecule has 1 aromatic carbocycles. The quantitative estimate of drug-likeness (QED) is 0.497. The molecule has 1 aliphatic carbocycles. The van der Waals surface area contributed by atoms with E-state index in [2.05, 4.69) is 17.0 Å². The molecule has 0 saturated carbocycles. The molecule has 3 nitrogen and oxygen atoms in total. The number of aryl methyl sites for hydroxylation is 2. The van der Waals surface area contributed by atoms with Gasteiger partial charge in [0.15, 0.2) is 5.65 Å². The summed E-state index contributed by atoms with van der Waals surface area (Å²) in [6.07, 6.45) is 2.59. The molecular weight excluding hydrogens is 277 g/mol. The van der Waals surface area contributed by atoms with Crippen molar-refractivity contribution in [1.82, 2.24) is 14.8 Å². The number of rotatable bonds is 0. The highest BCUT2D eigenvalue weighted by molar-refractivity contribution is 5.87. The number of hydrogen-bond acceptors (Lipinski definition) is 2. The van der Waals surface area contributed by atoms with Crippen LogP contribution >= 0.6 is 12.4 Å². The zero-order valence-corrected chi connectivity index (χ0v) is 12.0. The number of hydrogen-bond donors (Lipinski definition) is 0. The fraction of sp³-hybridized carbons (Fsp3) is 0.200. The van der Waals surface area contributed by atoms with Gasteiger partial charge in [0.25, 0.3) is 0 Å². The van der Waals surface area contributed by atoms with Gasteiger partial charge in [-0.3, -0.25) is 4.68 Å². The van der Waals surface area contributed by atoms with Crippen molar-refractivity contribution in [3.05, 3.63) is 46.9 Å². The van der Waals surface area contributed by atoms with E-state index in [4.69, 9.17) is 0 Å². The molecule has 0 spiro atoms. The predicted octanol–water partition coefficient (Wildman–Crippen LogP) is 3.41. The van der Waals surface area contributed by atoms with E-state index in [1.807, 2.05) is 19.3 Å². The summed E-state index contributed by atoms with van der Waals surface area (Å²) in [6.45, 7) is 2.06. The Hall–Kier alpha value is -1.94. The van der Waals surface area contributed by atoms with E-state index in [0.29, 0.717) is 5.56 Å². The van der Waals surface area contributed by atoms with Gasteiger partial charge in [-0.25, -0.2) is 9.37 Å². The van der Waals surface area contributed by atoms with Crippen LogP contribution in [0.15, 0.2) is 24.4 Å². The molecule has 2 heterocycles. The van der Waals surface area contributed by atoms with E-state index in [1.54, 1.807) is 10.7 Å². The molecule has 1 aliphatic rings. The van der Waals surface area contributed by atoms with E-state index in [9.17, 15) is 4.39 Å². The average molecular weight is 290 g/mol. The van der Waals surface area contributed by atoms with Crippen LogP contribution in [0.4, 0.5) is 4.39 Å². The molecule has 0 bridgehead atoms. The van der Waals surface area contributed by atoms with Crippen LogP contribution in [0, 0.1) is 12.7 Å². The van der Waals surface area contributed by atoms with Gasteiger partial charge < -0.3 is 0 Å². The standard InChI is InChI=1S/C15H12FN3.ClH/c1-8-10-6-9-4-3-5-12(16)13(9)14(10)18-15-11(8)7-17-19(15)2;/h3-5,7H,6H2,1-2H3;1H. The second-order valence-corrected chi connectivity index (χ2v) is 5.02. The molecule has 5 heteroatoms. The third-order valence-electron chi connectivity index (χ3n) is 3.97. The minimum atomic E-state index is -0.190. The van der Waals surface area contributed by atoms with Gasteiger partial charge in [-0.15, -0.1) is 12.4 Å². The van der Waals surface area contributed by atoms with Gasteiger partial charge >= 0.3 is 0 Å². The largest absolute Gasteiger partial charge is 0.250 e. The molecule has 0 unspecified atom stereocenters. The molecule has 3 aromatic rings. The first kappa shape index (κ1) is 13.1. The van der Waals surface area contributed by atoms with Crippen molar-refractivity contribution in [3.63, 3.8) is 0 Å². The van der Waals surface area contributed by atoms with Crippen molar-refractivity contribution in [2.24, 2.45) is 7.05 Å². The molecule has 0 fully saturated rings. The van der Waals surface area contributed by atoms with Gasteiger partial charge in [0.2, 0.25) is 0 Å². The van der Waals surface area contributed by atoms with Crippen LogP contribution in [0.25, 0.3) is 22.3 Å². The zero-order chi connectivity index (χ0) is 13.1. The minimum Gasteiger partial charge on any atom is -0.250 e. The first-order valence-electron chi connectivity index (χ1n) is 6.26. The van der Waals surface area contributed by atoms with Gasteiger partial charge in [0.05, 0.1) is 11.9 Å². The molecule has 0 radical (unpaired) electrons. The van der Waals surface area contributed by atoms with E-state index < -0.39 is 0 Å². The number of aromatic nitrogens is 3. The van der Waals surface area contributed by atoms with Crippen LogP contribution in [0.2, 0.25) is 0 Å². The highest BCUT2D eigenvalue weighted by Crippen LogP contribution is 2.40. The zero-order valence-electron chi connectivity index (χ0n) is 11.1. The van der Waals surface area contributed by atoms with Crippen LogP contribution in [0.1, 0.15) is 16.7 Å². The van der Waals surface area contributed by atoms with Crippen molar-refractivity contribution in [2.75, 3.05) is 0 Å². The smallest absolute Gasteiger partial charge is 0.158 e. The van der Waals surface area contributed by atoms with Crippen molar-refractivity contribution in [3.8, 4) is 11.3 Å². The Morgan fingerprint density at radius 2 is 2.10 bits per heavy atom. The summed E-state index contributed by atoms with van der Waals surface area (Å²) in [6, 6.07) is 5.23. The van der Waals surface area contributed by atoms with Gasteiger partial charge in [-0.1, -0.05) is 12.1 Å². The summed E-state index contributed by atoms with van der Waals surface area (Å²) in [4.78, 5) is 4.64. The predicted molar refractivity (Wildman–Crippen MR) is 78.7 cm³/mol. The van der Waals surface area contributed by atoms with Crippen LogP contribution in [-0.2, 0) is 13.5 Å². The second-order valence-electron chi connectivity index (χ2n) is 5.02. The lowest BCUT2D eigenvalue weighted by atomic mass is 10.1. The maximum Gasteiger partial charge on any atom is 0.158 e. The van der Waals surface area contributed by atoms with E-state index >= 15 is 0 Å². The first-order valence-corrected chi connectivity index (χ1v) is 6.26. The summed E-state index contributed by atoms with van der Waals surface area (Å²) in [5.41, 5.74) is 5.55. The average Bonchev–Trinajstić information content (AvgIpc) is 2.93. The summed E-state index contributed by atoms with van der Waals surface area (Å²) < 4.78 is 15.8. The first-order chi connectivity index (χ1) is 9.16. The second kappa shape index (κ2) is 4.28. The maximum atomic E-state index is 14.1. The lowest BCUT2D eigenvalue weighted by Crippen LogP contribution is -1.96. The number of halogens is 2. The van der Waals surface area contributed by atoms with E-state index in [1.165, 1.54) is 6.07 Å². The molecule has 0 amide bonds. The summed E-state index contributed by atoms with van der Waals surface area (Å²) >= 11 is 0. The lowest BCUT2D eigenvalue weighted by Gasteiger charge is -2.06. The van der Waals surface area contributed by atoms with Crippen molar-refractivity contribution in [2.45, 2.75) is 13.3 Å². The third-order valence-corrected chi connectivity index (χ3v) is 3.97. The Morgan fingerprint density at radius 1 is 1.30 bits per heavy atom. The van der Waals surface area contributed by atoms with Gasteiger partial charge in [0.1, 0.15) is 5.82 Å². The maximum absolute atomic E-state index is 14.1. The van der Waals surface area contributed by atoms with E-state index in [0.717, 1.165) is 39.8 Å². The summed E-state index contributed by atoms with van der Waals surface area (Å²) in [5.74, 6) is -0.190. The molecule has 4 rings (SSSR count). The van der Waals surface area contributed by atoms with Gasteiger partial charge in [-0.2, -0.15) is 5.10 Å².